The van der Waals surface area contributed by atoms with E-state index in [1.165, 1.54) is 17.2 Å². The molecule has 12 nitrogen and oxygen atoms in total. The van der Waals surface area contributed by atoms with Crippen molar-refractivity contribution in [2.75, 3.05) is 6.61 Å². The van der Waals surface area contributed by atoms with Crippen molar-refractivity contribution in [1.82, 2.24) is 10.4 Å². The molecule has 2 rings (SSSR count). The Labute approximate surface area is 154 Å². The molecule has 0 spiro atoms. The monoisotopic (exact) mass is 386 g/mol. The molecule has 0 aromatic rings. The molecular weight excluding hydrogens is 364 g/mol. The fourth-order valence-electron chi connectivity index (χ4n) is 2.53. The number of aliphatic hydroxyl groups excluding tert-OH is 2. The molecular formula is C15H22N4O8. The van der Waals surface area contributed by atoms with Gasteiger partial charge in [0.05, 0.1) is 0 Å². The molecule has 0 unspecified atom stereocenters. The minimum Gasteiger partial charge on any atom is -0.481 e. The highest BCUT2D eigenvalue weighted by Gasteiger charge is 2.46. The second-order valence-corrected chi connectivity index (χ2v) is 5.96. The molecule has 7 N–H and O–H groups in total. The first-order valence-corrected chi connectivity index (χ1v) is 8.04. The first kappa shape index (κ1) is 20.8. The Bertz CT molecular complexity index is 652. The van der Waals surface area contributed by atoms with Crippen molar-refractivity contribution in [1.29, 1.82) is 0 Å². The number of aliphatic carboxylic acids is 1. The zero-order valence-electron chi connectivity index (χ0n) is 14.3. The van der Waals surface area contributed by atoms with E-state index >= 15 is 0 Å². The zero-order valence-corrected chi connectivity index (χ0v) is 14.3. The van der Waals surface area contributed by atoms with E-state index in [1.54, 1.807) is 0 Å². The molecule has 2 heterocycles. The smallest absolute Gasteiger partial charge is 0.323 e. The van der Waals surface area contributed by atoms with E-state index in [1.807, 2.05) is 5.48 Å². The van der Waals surface area contributed by atoms with Crippen LogP contribution in [0.3, 0.4) is 0 Å². The van der Waals surface area contributed by atoms with E-state index in [-0.39, 0.29) is 31.1 Å². The number of rotatable bonds is 7. The maximum Gasteiger partial charge on any atom is 0.323 e. The number of hydrogen-bond acceptors (Lipinski definition) is 11. The van der Waals surface area contributed by atoms with Crippen molar-refractivity contribution in [2.45, 2.75) is 43.4 Å². The van der Waals surface area contributed by atoms with Crippen molar-refractivity contribution in [3.05, 3.63) is 24.7 Å². The third kappa shape index (κ3) is 5.02. The maximum atomic E-state index is 11.8. The van der Waals surface area contributed by atoms with Crippen molar-refractivity contribution in [3.63, 3.8) is 0 Å². The predicted octanol–water partition coefficient (Wildman–Crippen LogP) is -2.15. The number of carbonyl (C=O) groups is 2. The Balaban J connectivity index is 1.90. The summed E-state index contributed by atoms with van der Waals surface area (Å²) in [7, 11) is 0. The second kappa shape index (κ2) is 8.92. The van der Waals surface area contributed by atoms with E-state index < -0.39 is 42.5 Å². The van der Waals surface area contributed by atoms with Crippen LogP contribution in [0.4, 0.5) is 0 Å². The Morgan fingerprint density at radius 3 is 2.74 bits per heavy atom. The van der Waals surface area contributed by atoms with E-state index in [2.05, 4.69) is 11.6 Å². The predicted molar refractivity (Wildman–Crippen MR) is 89.0 cm³/mol. The van der Waals surface area contributed by atoms with E-state index in [9.17, 15) is 19.8 Å². The number of hydroxylamine groups is 1. The van der Waals surface area contributed by atoms with Crippen LogP contribution in [0.2, 0.25) is 0 Å². The number of carbonyl (C=O) groups excluding carboxylic acids is 1. The molecule has 2 aliphatic heterocycles. The van der Waals surface area contributed by atoms with Gasteiger partial charge in [0, 0.05) is 12.6 Å². The van der Waals surface area contributed by atoms with Crippen LogP contribution in [0.25, 0.3) is 0 Å². The summed E-state index contributed by atoms with van der Waals surface area (Å²) in [6, 6.07) is -1.12. The summed E-state index contributed by atoms with van der Waals surface area (Å²) < 4.78 is 10.5. The van der Waals surface area contributed by atoms with Crippen LogP contribution in [0.15, 0.2) is 29.7 Å². The number of nitrogens with one attached hydrogen (secondary N) is 1. The Hall–Kier alpha value is -2.51. The maximum absolute atomic E-state index is 11.8. The fourth-order valence-corrected chi connectivity index (χ4v) is 2.53. The summed E-state index contributed by atoms with van der Waals surface area (Å²) in [6.45, 7) is 3.28. The molecule has 0 aromatic heterocycles. The van der Waals surface area contributed by atoms with E-state index in [0.717, 1.165) is 0 Å². The van der Waals surface area contributed by atoms with Crippen LogP contribution in [0.1, 0.15) is 12.8 Å². The lowest BCUT2D eigenvalue weighted by Crippen LogP contribution is -2.42. The van der Waals surface area contributed by atoms with Crippen molar-refractivity contribution in [2.24, 2.45) is 10.7 Å². The number of nitrogens with two attached hydrogens (primary N) is 1. The molecule has 1 saturated heterocycles. The number of ether oxygens (including phenoxy) is 2. The van der Waals surface area contributed by atoms with Gasteiger partial charge in [-0.1, -0.05) is 6.58 Å². The van der Waals surface area contributed by atoms with Gasteiger partial charge >= 0.3 is 11.9 Å². The molecule has 0 saturated carbocycles. The van der Waals surface area contributed by atoms with Gasteiger partial charge in [-0.3, -0.25) is 20.3 Å². The molecule has 1 fully saturated rings. The molecule has 0 aromatic carbocycles. The van der Waals surface area contributed by atoms with Gasteiger partial charge in [-0.2, -0.15) is 0 Å². The third-order valence-corrected chi connectivity index (χ3v) is 4.03. The van der Waals surface area contributed by atoms with Crippen LogP contribution < -0.4 is 11.2 Å². The van der Waals surface area contributed by atoms with Gasteiger partial charge in [-0.15, -0.1) is 0 Å². The molecule has 12 heteroatoms. The summed E-state index contributed by atoms with van der Waals surface area (Å²) in [5, 5.41) is 37.7. The Morgan fingerprint density at radius 2 is 2.15 bits per heavy atom. The molecule has 5 atom stereocenters. The average Bonchev–Trinajstić information content (AvgIpc) is 2.92. The summed E-state index contributed by atoms with van der Waals surface area (Å²) >= 11 is 0. The van der Waals surface area contributed by atoms with Crippen molar-refractivity contribution < 1.29 is 39.6 Å². The lowest BCUT2D eigenvalue weighted by molar-refractivity contribution is -0.152. The standard InChI is InChI=1S/C15H22N4O8/c1-7-17-10(18-25)4-5-19(7)14-13(23)12(22)9(27-14)6-26-15(24)8(16)2-3-11(20)21/h4-5,8-9,12-14,22-23,25H,1-3,6,16H2,(H,17,18)(H,20,21)/t8-,9+,12+,13+,14+/m0/s1. The van der Waals surface area contributed by atoms with Gasteiger partial charge in [0.25, 0.3) is 0 Å². The lowest BCUT2D eigenvalue weighted by Gasteiger charge is -2.30. The minimum absolute atomic E-state index is 0.0921. The number of carboxylic acids is 1. The SMILES string of the molecule is C=C1N=C(NO)C=CN1[C@@H]1O[C@H](COC(=O)[C@@H](N)CCC(=O)O)[C@@H](O)[C@H]1O. The number of nitrogens with zero attached hydrogens (tertiary/aromatic N) is 2. The molecule has 0 bridgehead atoms. The largest absolute Gasteiger partial charge is 0.481 e. The highest BCUT2D eigenvalue weighted by molar-refractivity contribution is 5.93. The normalized spacial score (nSPS) is 28.7. The number of aliphatic imine (C=N–C) groups is 1. The van der Waals surface area contributed by atoms with Crippen LogP contribution in [-0.2, 0) is 19.1 Å². The first-order valence-electron chi connectivity index (χ1n) is 8.04. The van der Waals surface area contributed by atoms with Crippen LogP contribution in [0.5, 0.6) is 0 Å². The molecule has 0 aliphatic carbocycles. The number of carboxylic acid groups (broad SMARTS) is 1. The highest BCUT2D eigenvalue weighted by atomic mass is 16.6. The van der Waals surface area contributed by atoms with Crippen molar-refractivity contribution in [3.8, 4) is 0 Å². The summed E-state index contributed by atoms with van der Waals surface area (Å²) in [5.41, 5.74) is 7.39. The summed E-state index contributed by atoms with van der Waals surface area (Å²) in [4.78, 5) is 27.5. The molecule has 150 valence electrons. The second-order valence-electron chi connectivity index (χ2n) is 5.96. The van der Waals surface area contributed by atoms with Gasteiger partial charge in [-0.05, 0) is 12.5 Å². The number of esters is 1. The van der Waals surface area contributed by atoms with Gasteiger partial charge < -0.3 is 35.4 Å². The number of aliphatic hydroxyl groups is 2. The number of amidine groups is 1. The quantitative estimate of drug-likeness (QED) is 0.207. The lowest BCUT2D eigenvalue weighted by atomic mass is 10.1. The third-order valence-electron chi connectivity index (χ3n) is 4.03. The first-order chi connectivity index (χ1) is 12.7. The van der Waals surface area contributed by atoms with E-state index in [4.69, 9.17) is 25.5 Å². The van der Waals surface area contributed by atoms with Crippen LogP contribution in [0, 0.1) is 0 Å². The van der Waals surface area contributed by atoms with Gasteiger partial charge in [-0.25, -0.2) is 4.99 Å². The van der Waals surface area contributed by atoms with Crippen LogP contribution >= 0.6 is 0 Å². The molecule has 0 amide bonds. The topological polar surface area (TPSA) is 187 Å². The average molecular weight is 386 g/mol. The molecule has 27 heavy (non-hydrogen) atoms. The van der Waals surface area contributed by atoms with Crippen LogP contribution in [-0.4, -0.2) is 80.4 Å². The van der Waals surface area contributed by atoms with E-state index in [0.29, 0.717) is 0 Å². The van der Waals surface area contributed by atoms with Gasteiger partial charge in [0.15, 0.2) is 12.1 Å². The van der Waals surface area contributed by atoms with Gasteiger partial charge in [0.2, 0.25) is 0 Å². The molecule has 2 aliphatic rings. The van der Waals surface area contributed by atoms with Gasteiger partial charge in [0.1, 0.15) is 36.8 Å². The molecule has 0 radical (unpaired) electrons. The summed E-state index contributed by atoms with van der Waals surface area (Å²) in [6.07, 6.45) is -2.34. The summed E-state index contributed by atoms with van der Waals surface area (Å²) in [5.74, 6) is -1.66. The fraction of sp³-hybridized carbons (Fsp3) is 0.533. The number of hydrogen-bond donors (Lipinski definition) is 6. The Kier molecular flexibility index (Phi) is 6.87. The minimum atomic E-state index is -1.36. The Morgan fingerprint density at radius 1 is 1.44 bits per heavy atom. The highest BCUT2D eigenvalue weighted by Crippen LogP contribution is 2.28. The van der Waals surface area contributed by atoms with Crippen molar-refractivity contribution >= 4 is 17.8 Å². The zero-order chi connectivity index (χ0) is 20.1.